The summed E-state index contributed by atoms with van der Waals surface area (Å²) in [5.41, 5.74) is 1.30. The van der Waals surface area contributed by atoms with Crippen LogP contribution in [0.15, 0.2) is 24.3 Å². The number of nitrogens with zero attached hydrogens (tertiary/aromatic N) is 2. The molecule has 2 saturated heterocycles. The van der Waals surface area contributed by atoms with Gasteiger partial charge in [-0.1, -0.05) is 6.07 Å². The second-order valence-corrected chi connectivity index (χ2v) is 8.26. The van der Waals surface area contributed by atoms with Gasteiger partial charge >= 0.3 is 24.1 Å². The van der Waals surface area contributed by atoms with Gasteiger partial charge in [-0.2, -0.15) is 13.2 Å². The van der Waals surface area contributed by atoms with Crippen molar-refractivity contribution in [2.24, 2.45) is 0 Å². The van der Waals surface area contributed by atoms with Crippen molar-refractivity contribution >= 4 is 41.1 Å². The second kappa shape index (κ2) is 12.8. The van der Waals surface area contributed by atoms with Crippen molar-refractivity contribution < 1.29 is 52.5 Å². The minimum atomic E-state index is -5.08. The Balaban J connectivity index is 0.000000604. The van der Waals surface area contributed by atoms with E-state index >= 15 is 0 Å². The van der Waals surface area contributed by atoms with Gasteiger partial charge in [0.25, 0.3) is 0 Å². The number of alkyl halides is 3. The van der Waals surface area contributed by atoms with Gasteiger partial charge < -0.3 is 35.8 Å². The van der Waals surface area contributed by atoms with Gasteiger partial charge in [-0.15, -0.1) is 0 Å². The van der Waals surface area contributed by atoms with E-state index in [2.05, 4.69) is 10.6 Å². The largest absolute Gasteiger partial charge is 0.490 e. The number of carboxylic acids is 3. The summed E-state index contributed by atoms with van der Waals surface area (Å²) < 4.78 is 31.7. The van der Waals surface area contributed by atoms with E-state index < -0.39 is 36.2 Å². The van der Waals surface area contributed by atoms with E-state index in [1.807, 2.05) is 0 Å². The van der Waals surface area contributed by atoms with Gasteiger partial charge in [-0.05, 0) is 43.9 Å². The van der Waals surface area contributed by atoms with Crippen LogP contribution in [0.1, 0.15) is 25.7 Å². The lowest BCUT2D eigenvalue weighted by Gasteiger charge is -2.22. The summed E-state index contributed by atoms with van der Waals surface area (Å²) in [6.07, 6.45) is -2.80. The summed E-state index contributed by atoms with van der Waals surface area (Å²) in [5.74, 6) is -5.28. The molecule has 1 aromatic rings. The molecule has 0 saturated carbocycles. The molecule has 3 rings (SSSR count). The lowest BCUT2D eigenvalue weighted by molar-refractivity contribution is -0.192. The Morgan fingerprint density at radius 3 is 1.51 bits per heavy atom. The second-order valence-electron chi connectivity index (χ2n) is 8.26. The lowest BCUT2D eigenvalue weighted by Crippen LogP contribution is -2.43. The molecule has 15 heteroatoms. The van der Waals surface area contributed by atoms with Crippen LogP contribution in [0.4, 0.5) is 24.5 Å². The molecular weight excluding hydrogens is 505 g/mol. The van der Waals surface area contributed by atoms with Gasteiger partial charge in [0.2, 0.25) is 11.8 Å². The third-order valence-electron chi connectivity index (χ3n) is 5.71. The first kappa shape index (κ1) is 29.2. The minimum absolute atomic E-state index is 0.0275. The predicted octanol–water partition coefficient (Wildman–Crippen LogP) is 1.29. The van der Waals surface area contributed by atoms with E-state index in [1.54, 1.807) is 24.3 Å². The fourth-order valence-corrected chi connectivity index (χ4v) is 3.94. The summed E-state index contributed by atoms with van der Waals surface area (Å²) >= 11 is 0. The number of aliphatic carboxylic acids is 3. The van der Waals surface area contributed by atoms with Crippen molar-refractivity contribution in [2.45, 2.75) is 43.9 Å². The molecule has 12 nitrogen and oxygen atoms in total. The van der Waals surface area contributed by atoms with Gasteiger partial charge in [-0.3, -0.25) is 9.59 Å². The van der Waals surface area contributed by atoms with Crippen LogP contribution in [-0.4, -0.2) is 99.3 Å². The molecule has 2 aliphatic heterocycles. The number of amides is 2. The Kier molecular flexibility index (Phi) is 10.1. The van der Waals surface area contributed by atoms with Crippen LogP contribution in [0.3, 0.4) is 0 Å². The molecule has 2 heterocycles. The highest BCUT2D eigenvalue weighted by atomic mass is 19.4. The number of carbonyl (C=O) groups is 5. The molecule has 2 fully saturated rings. The standard InChI is InChI=1S/C20H26N4O6.C2HF3O2/c25-17(23-8-2-6-15(23)19(27)28)11-21-13-4-1-5-14(10-13)22-12-18(26)24-9-3-7-16(24)20(29)30;3-2(4,5)1(6)7/h1,4-5,10,15-16,21-22H,2-3,6-9,11-12H2,(H,27,28)(H,29,30);(H,6,7)/t15-,16-;/m1./s1. The number of hydrogen-bond donors (Lipinski definition) is 5. The Labute approximate surface area is 209 Å². The van der Waals surface area contributed by atoms with E-state index in [1.165, 1.54) is 9.80 Å². The van der Waals surface area contributed by atoms with Crippen molar-refractivity contribution in [1.82, 2.24) is 9.80 Å². The maximum atomic E-state index is 12.4. The van der Waals surface area contributed by atoms with Crippen molar-refractivity contribution in [3.05, 3.63) is 24.3 Å². The smallest absolute Gasteiger partial charge is 0.480 e. The average molecular weight is 532 g/mol. The Bertz CT molecular complexity index is 957. The zero-order valence-corrected chi connectivity index (χ0v) is 19.5. The van der Waals surface area contributed by atoms with Gasteiger partial charge in [0.15, 0.2) is 0 Å². The quantitative estimate of drug-likeness (QED) is 0.328. The molecule has 204 valence electrons. The lowest BCUT2D eigenvalue weighted by atomic mass is 10.2. The maximum Gasteiger partial charge on any atom is 0.490 e. The van der Waals surface area contributed by atoms with E-state index in [0.29, 0.717) is 50.1 Å². The van der Waals surface area contributed by atoms with Gasteiger partial charge in [0.05, 0.1) is 13.1 Å². The fourth-order valence-electron chi connectivity index (χ4n) is 3.94. The molecular formula is C22H27F3N4O8. The third-order valence-corrected chi connectivity index (χ3v) is 5.71. The van der Waals surface area contributed by atoms with Crippen LogP contribution in [0.2, 0.25) is 0 Å². The normalized spacial score (nSPS) is 19.0. The van der Waals surface area contributed by atoms with E-state index in [-0.39, 0.29) is 24.9 Å². The summed E-state index contributed by atoms with van der Waals surface area (Å²) in [5, 5.41) is 31.5. The molecule has 0 bridgehead atoms. The molecule has 5 N–H and O–H groups in total. The number of anilines is 2. The summed E-state index contributed by atoms with van der Waals surface area (Å²) in [7, 11) is 0. The van der Waals surface area contributed by atoms with Gasteiger partial charge in [0, 0.05) is 24.5 Å². The summed E-state index contributed by atoms with van der Waals surface area (Å²) in [4.78, 5) is 58.8. The summed E-state index contributed by atoms with van der Waals surface area (Å²) in [6, 6.07) is 5.49. The Morgan fingerprint density at radius 2 is 1.19 bits per heavy atom. The Hall–Kier alpha value is -4.04. The molecule has 0 aliphatic carbocycles. The number of halogens is 3. The highest BCUT2D eigenvalue weighted by Gasteiger charge is 2.38. The van der Waals surface area contributed by atoms with Crippen LogP contribution in [-0.2, 0) is 24.0 Å². The molecule has 1 aromatic carbocycles. The number of nitrogens with one attached hydrogen (secondary N) is 2. The van der Waals surface area contributed by atoms with Crippen LogP contribution in [0, 0.1) is 0 Å². The van der Waals surface area contributed by atoms with E-state index in [0.717, 1.165) is 0 Å². The number of hydrogen-bond acceptors (Lipinski definition) is 7. The number of carbonyl (C=O) groups excluding carboxylic acids is 2. The zero-order valence-electron chi connectivity index (χ0n) is 19.5. The topological polar surface area (TPSA) is 177 Å². The summed E-state index contributed by atoms with van der Waals surface area (Å²) in [6.45, 7) is 0.824. The Morgan fingerprint density at radius 1 is 0.811 bits per heavy atom. The monoisotopic (exact) mass is 532 g/mol. The third kappa shape index (κ3) is 8.54. The highest BCUT2D eigenvalue weighted by Crippen LogP contribution is 2.20. The maximum absolute atomic E-state index is 12.4. The number of likely N-dealkylation sites (tertiary alicyclic amines) is 2. The van der Waals surface area contributed by atoms with Crippen molar-refractivity contribution in [1.29, 1.82) is 0 Å². The molecule has 2 amide bonds. The SMILES string of the molecule is O=C(O)C(F)(F)F.O=C(O)[C@H]1CCCN1C(=O)CNc1cccc(NCC(=O)N2CCC[C@@H]2C(=O)O)c1. The number of carboxylic acid groups (broad SMARTS) is 3. The molecule has 0 spiro atoms. The molecule has 2 aliphatic rings. The first-order valence-electron chi connectivity index (χ1n) is 11.2. The predicted molar refractivity (Wildman–Crippen MR) is 122 cm³/mol. The minimum Gasteiger partial charge on any atom is -0.480 e. The van der Waals surface area contributed by atoms with Gasteiger partial charge in [-0.25, -0.2) is 14.4 Å². The molecule has 0 radical (unpaired) electrons. The number of benzene rings is 1. The van der Waals surface area contributed by atoms with E-state index in [9.17, 15) is 42.6 Å². The average Bonchev–Trinajstić information content (AvgIpc) is 3.51. The van der Waals surface area contributed by atoms with E-state index in [4.69, 9.17) is 9.90 Å². The van der Waals surface area contributed by atoms with Crippen LogP contribution >= 0.6 is 0 Å². The van der Waals surface area contributed by atoms with Crippen LogP contribution in [0.5, 0.6) is 0 Å². The van der Waals surface area contributed by atoms with Crippen LogP contribution < -0.4 is 10.6 Å². The number of rotatable bonds is 8. The fraction of sp³-hybridized carbons (Fsp3) is 0.500. The highest BCUT2D eigenvalue weighted by molar-refractivity contribution is 5.88. The molecule has 0 unspecified atom stereocenters. The first-order chi connectivity index (χ1) is 17.3. The van der Waals surface area contributed by atoms with Crippen molar-refractivity contribution in [3.8, 4) is 0 Å². The van der Waals surface area contributed by atoms with Crippen molar-refractivity contribution in [2.75, 3.05) is 36.8 Å². The first-order valence-corrected chi connectivity index (χ1v) is 11.2. The van der Waals surface area contributed by atoms with Gasteiger partial charge in [0.1, 0.15) is 12.1 Å². The molecule has 37 heavy (non-hydrogen) atoms. The van der Waals surface area contributed by atoms with Crippen LogP contribution in [0.25, 0.3) is 0 Å². The van der Waals surface area contributed by atoms with Crippen molar-refractivity contribution in [3.63, 3.8) is 0 Å². The molecule has 2 atom stereocenters. The zero-order chi connectivity index (χ0) is 27.8. The molecule has 0 aromatic heterocycles.